The van der Waals surface area contributed by atoms with Crippen molar-refractivity contribution in [3.8, 4) is 0 Å². The molecule has 0 radical (unpaired) electrons. The molecule has 1 aliphatic heterocycles. The highest BCUT2D eigenvalue weighted by Crippen LogP contribution is 2.11. The van der Waals surface area contributed by atoms with E-state index in [4.69, 9.17) is 0 Å². The molecule has 1 aromatic carbocycles. The van der Waals surface area contributed by atoms with Crippen molar-refractivity contribution in [2.75, 3.05) is 0 Å². The first kappa shape index (κ1) is 9.27. The number of aliphatic imine (C=N–C) groups is 2. The summed E-state index contributed by atoms with van der Waals surface area (Å²) in [7, 11) is 0. The highest BCUT2D eigenvalue weighted by Gasteiger charge is 2.08. The van der Waals surface area contributed by atoms with E-state index in [9.17, 15) is 4.79 Å². The van der Waals surface area contributed by atoms with Crippen LogP contribution in [-0.4, -0.2) is 18.0 Å². The van der Waals surface area contributed by atoms with Gasteiger partial charge in [-0.05, 0) is 17.7 Å². The van der Waals surface area contributed by atoms with E-state index in [1.54, 1.807) is 0 Å². The van der Waals surface area contributed by atoms with Crippen LogP contribution < -0.4 is 0 Å². The second kappa shape index (κ2) is 3.84. The normalized spacial score (nSPS) is 14.6. The van der Waals surface area contributed by atoms with Gasteiger partial charge in [-0.1, -0.05) is 28.1 Å². The third-order valence-electron chi connectivity index (χ3n) is 1.86. The van der Waals surface area contributed by atoms with Crippen LogP contribution in [0.2, 0.25) is 0 Å². The van der Waals surface area contributed by atoms with Crippen molar-refractivity contribution >= 4 is 33.9 Å². The average Bonchev–Trinajstić information content (AvgIpc) is 2.56. The lowest BCUT2D eigenvalue weighted by molar-refractivity contribution is 0.257. The number of amides is 2. The number of carbonyl (C=O) groups excluding carboxylic acids is 1. The quantitative estimate of drug-likeness (QED) is 0.796. The van der Waals surface area contributed by atoms with Crippen molar-refractivity contribution in [2.24, 2.45) is 9.98 Å². The lowest BCUT2D eigenvalue weighted by Crippen LogP contribution is -2.01. The summed E-state index contributed by atoms with van der Waals surface area (Å²) < 4.78 is 1.04. The molecule has 3 nitrogen and oxygen atoms in total. The van der Waals surface area contributed by atoms with E-state index >= 15 is 0 Å². The summed E-state index contributed by atoms with van der Waals surface area (Å²) in [6, 6.07) is 7.50. The standard InChI is InChI=1S/C10H7BrN2O/c11-8-3-1-7(2-4-8)5-9-6-12-10(14)13-9/h1-4,6H,5H2. The largest absolute Gasteiger partial charge is 0.367 e. The first-order chi connectivity index (χ1) is 6.74. The van der Waals surface area contributed by atoms with Gasteiger partial charge < -0.3 is 0 Å². The van der Waals surface area contributed by atoms with E-state index in [-0.39, 0.29) is 0 Å². The number of carbonyl (C=O) groups is 1. The molecule has 0 N–H and O–H groups in total. The molecule has 0 spiro atoms. The van der Waals surface area contributed by atoms with Gasteiger partial charge in [0, 0.05) is 10.9 Å². The van der Waals surface area contributed by atoms with E-state index in [0.29, 0.717) is 6.42 Å². The van der Waals surface area contributed by atoms with Gasteiger partial charge in [0.1, 0.15) is 0 Å². The summed E-state index contributed by atoms with van der Waals surface area (Å²) in [5.41, 5.74) is 1.84. The van der Waals surface area contributed by atoms with Crippen LogP contribution in [0.3, 0.4) is 0 Å². The topological polar surface area (TPSA) is 41.8 Å². The monoisotopic (exact) mass is 250 g/mol. The number of hydrogen-bond donors (Lipinski definition) is 0. The van der Waals surface area contributed by atoms with Gasteiger partial charge in [-0.25, -0.2) is 4.79 Å². The van der Waals surface area contributed by atoms with Gasteiger partial charge in [-0.15, -0.1) is 0 Å². The molecule has 0 aliphatic carbocycles. The Bertz CT molecular complexity index is 420. The van der Waals surface area contributed by atoms with Gasteiger partial charge in [-0.2, -0.15) is 9.98 Å². The lowest BCUT2D eigenvalue weighted by atomic mass is 10.1. The fourth-order valence-corrected chi connectivity index (χ4v) is 1.47. The highest BCUT2D eigenvalue weighted by atomic mass is 79.9. The molecule has 0 atom stereocenters. The maximum Gasteiger partial charge on any atom is 0.367 e. The average molecular weight is 251 g/mol. The summed E-state index contributed by atoms with van der Waals surface area (Å²) in [4.78, 5) is 18.0. The Labute approximate surface area is 89.7 Å². The molecule has 70 valence electrons. The molecule has 0 unspecified atom stereocenters. The molecule has 1 aromatic rings. The summed E-state index contributed by atoms with van der Waals surface area (Å²) in [5.74, 6) is 0. The molecule has 0 saturated carbocycles. The van der Waals surface area contributed by atoms with Gasteiger partial charge in [-0.3, -0.25) is 0 Å². The Morgan fingerprint density at radius 1 is 1.21 bits per heavy atom. The number of halogens is 1. The molecule has 14 heavy (non-hydrogen) atoms. The summed E-state index contributed by atoms with van der Waals surface area (Å²) >= 11 is 3.36. The van der Waals surface area contributed by atoms with Crippen LogP contribution in [0, 0.1) is 0 Å². The Morgan fingerprint density at radius 3 is 2.50 bits per heavy atom. The van der Waals surface area contributed by atoms with Crippen molar-refractivity contribution in [3.05, 3.63) is 34.3 Å². The molecule has 0 fully saturated rings. The van der Waals surface area contributed by atoms with Crippen LogP contribution in [0.25, 0.3) is 0 Å². The first-order valence-electron chi connectivity index (χ1n) is 4.14. The van der Waals surface area contributed by atoms with Crippen LogP contribution in [0.1, 0.15) is 5.56 Å². The maximum atomic E-state index is 10.7. The Balaban J connectivity index is 2.12. The number of urea groups is 1. The number of rotatable bonds is 2. The lowest BCUT2D eigenvalue weighted by Gasteiger charge is -1.98. The zero-order valence-electron chi connectivity index (χ0n) is 7.27. The third kappa shape index (κ3) is 2.14. The summed E-state index contributed by atoms with van der Waals surface area (Å²) in [6.45, 7) is 0. The molecule has 0 bridgehead atoms. The van der Waals surface area contributed by atoms with Gasteiger partial charge in [0.05, 0.1) is 11.9 Å². The molecule has 1 heterocycles. The second-order valence-corrected chi connectivity index (χ2v) is 3.86. The van der Waals surface area contributed by atoms with E-state index in [1.807, 2.05) is 24.3 Å². The molecular weight excluding hydrogens is 244 g/mol. The highest BCUT2D eigenvalue weighted by molar-refractivity contribution is 9.10. The predicted octanol–water partition coefficient (Wildman–Crippen LogP) is 2.64. The predicted molar refractivity (Wildman–Crippen MR) is 59.2 cm³/mol. The van der Waals surface area contributed by atoms with E-state index in [2.05, 4.69) is 25.9 Å². The zero-order chi connectivity index (χ0) is 9.97. The Kier molecular flexibility index (Phi) is 2.54. The van der Waals surface area contributed by atoms with E-state index < -0.39 is 6.03 Å². The van der Waals surface area contributed by atoms with Gasteiger partial charge in [0.2, 0.25) is 0 Å². The maximum absolute atomic E-state index is 10.7. The van der Waals surface area contributed by atoms with Crippen LogP contribution in [0.4, 0.5) is 4.79 Å². The SMILES string of the molecule is O=C1N=CC(Cc2ccc(Br)cc2)=N1. The van der Waals surface area contributed by atoms with Crippen molar-refractivity contribution in [2.45, 2.75) is 6.42 Å². The summed E-state index contributed by atoms with van der Waals surface area (Å²) in [6.07, 6.45) is 2.17. The molecular formula is C10H7BrN2O. The molecule has 2 amide bonds. The van der Waals surface area contributed by atoms with Crippen LogP contribution in [0.15, 0.2) is 38.7 Å². The first-order valence-corrected chi connectivity index (χ1v) is 4.93. The number of benzene rings is 1. The number of hydrogen-bond acceptors (Lipinski definition) is 1. The molecule has 0 saturated heterocycles. The molecule has 0 aromatic heterocycles. The minimum atomic E-state index is -0.405. The Hall–Kier alpha value is -1.29. The van der Waals surface area contributed by atoms with Gasteiger partial charge in [0.15, 0.2) is 0 Å². The van der Waals surface area contributed by atoms with Crippen molar-refractivity contribution < 1.29 is 4.79 Å². The number of nitrogens with zero attached hydrogens (tertiary/aromatic N) is 2. The minimum absolute atomic E-state index is 0.405. The third-order valence-corrected chi connectivity index (χ3v) is 2.39. The van der Waals surface area contributed by atoms with Gasteiger partial charge >= 0.3 is 6.03 Å². The zero-order valence-corrected chi connectivity index (χ0v) is 8.86. The fraction of sp³-hybridized carbons (Fsp3) is 0.100. The van der Waals surface area contributed by atoms with E-state index in [1.165, 1.54) is 6.21 Å². The second-order valence-electron chi connectivity index (χ2n) is 2.95. The fourth-order valence-electron chi connectivity index (χ4n) is 1.21. The van der Waals surface area contributed by atoms with Crippen LogP contribution >= 0.6 is 15.9 Å². The smallest absolute Gasteiger partial charge is 0.244 e. The molecule has 4 heteroatoms. The van der Waals surface area contributed by atoms with E-state index in [0.717, 1.165) is 15.7 Å². The Morgan fingerprint density at radius 2 is 1.93 bits per heavy atom. The van der Waals surface area contributed by atoms with Crippen molar-refractivity contribution in [1.82, 2.24) is 0 Å². The van der Waals surface area contributed by atoms with Crippen LogP contribution in [0.5, 0.6) is 0 Å². The van der Waals surface area contributed by atoms with Gasteiger partial charge in [0.25, 0.3) is 0 Å². The molecule has 2 rings (SSSR count). The van der Waals surface area contributed by atoms with Crippen molar-refractivity contribution in [3.63, 3.8) is 0 Å². The summed E-state index contributed by atoms with van der Waals surface area (Å²) in [5, 5.41) is 0. The van der Waals surface area contributed by atoms with Crippen LogP contribution in [-0.2, 0) is 6.42 Å². The van der Waals surface area contributed by atoms with Crippen molar-refractivity contribution in [1.29, 1.82) is 0 Å². The minimum Gasteiger partial charge on any atom is -0.244 e. The molecule has 1 aliphatic rings.